The Hall–Kier alpha value is -3.73. The Kier molecular flexibility index (Phi) is 5.12. The monoisotopic (exact) mass is 445 g/mol. The van der Waals surface area contributed by atoms with Gasteiger partial charge in [-0.15, -0.1) is 0 Å². The summed E-state index contributed by atoms with van der Waals surface area (Å²) in [5, 5.41) is 14.2. The second-order valence-corrected chi connectivity index (χ2v) is 8.72. The number of nitriles is 1. The highest BCUT2D eigenvalue weighted by atomic mass is 19.1. The Morgan fingerprint density at radius 1 is 1.24 bits per heavy atom. The third-order valence-electron chi connectivity index (χ3n) is 6.59. The number of rotatable bonds is 4. The minimum atomic E-state index is -1.59. The van der Waals surface area contributed by atoms with Gasteiger partial charge in [-0.05, 0) is 50.8 Å². The first kappa shape index (κ1) is 21.1. The fraction of sp³-hybridized carbons (Fsp3) is 0.360. The predicted octanol–water partition coefficient (Wildman–Crippen LogP) is 4.35. The molecule has 0 unspecified atom stereocenters. The molecule has 8 heteroatoms. The number of hydrogen-bond donors (Lipinski definition) is 0. The third kappa shape index (κ3) is 3.54. The van der Waals surface area contributed by atoms with Crippen molar-refractivity contribution in [3.8, 4) is 17.5 Å². The first-order valence-electron chi connectivity index (χ1n) is 11.0. The molecule has 2 aromatic heterocycles. The quantitative estimate of drug-likeness (QED) is 0.596. The first-order valence-corrected chi connectivity index (χ1v) is 11.0. The van der Waals surface area contributed by atoms with E-state index in [2.05, 4.69) is 16.2 Å². The van der Waals surface area contributed by atoms with Crippen LogP contribution in [-0.2, 0) is 18.8 Å². The SMILES string of the molecule is COc1c(C#N)ccc(C2(F)CCCC2)c1C(=O)N1Cc2cn(-c3ccnc(C)c3)nc2C1. The first-order chi connectivity index (χ1) is 15.9. The summed E-state index contributed by atoms with van der Waals surface area (Å²) in [4.78, 5) is 19.6. The van der Waals surface area contributed by atoms with Crippen LogP contribution < -0.4 is 4.74 Å². The highest BCUT2D eigenvalue weighted by Crippen LogP contribution is 2.46. The molecule has 3 aromatic rings. The standard InChI is InChI=1S/C25H24FN5O2/c1-16-11-19(7-10-28-16)31-14-18-13-30(15-21(18)29-31)24(32)22-20(25(26)8-3-4-9-25)6-5-17(12-27)23(22)33-2/h5-7,10-11,14H,3-4,8-9,13,15H2,1-2H3. The van der Waals surface area contributed by atoms with Crippen molar-refractivity contribution in [3.05, 3.63) is 70.3 Å². The zero-order valence-corrected chi connectivity index (χ0v) is 18.6. The van der Waals surface area contributed by atoms with Crippen LogP contribution in [0.5, 0.6) is 5.75 Å². The van der Waals surface area contributed by atoms with Crippen molar-refractivity contribution >= 4 is 5.91 Å². The van der Waals surface area contributed by atoms with Gasteiger partial charge >= 0.3 is 0 Å². The summed E-state index contributed by atoms with van der Waals surface area (Å²) in [6.07, 6.45) is 5.91. The molecular weight excluding hydrogens is 421 g/mol. The Labute approximate surface area is 191 Å². The second-order valence-electron chi connectivity index (χ2n) is 8.72. The number of alkyl halides is 1. The van der Waals surface area contributed by atoms with Crippen LogP contribution in [-0.4, -0.2) is 32.7 Å². The second kappa shape index (κ2) is 8.00. The number of carbonyl (C=O) groups excluding carboxylic acids is 1. The van der Waals surface area contributed by atoms with E-state index in [-0.39, 0.29) is 22.8 Å². The lowest BCUT2D eigenvalue weighted by Crippen LogP contribution is -2.30. The van der Waals surface area contributed by atoms with Gasteiger partial charge < -0.3 is 9.64 Å². The van der Waals surface area contributed by atoms with Crippen LogP contribution >= 0.6 is 0 Å². The van der Waals surface area contributed by atoms with Crippen LogP contribution in [0.2, 0.25) is 0 Å². The van der Waals surface area contributed by atoms with E-state index >= 15 is 4.39 Å². The Morgan fingerprint density at radius 3 is 2.70 bits per heavy atom. The van der Waals surface area contributed by atoms with Gasteiger partial charge in [0.1, 0.15) is 17.5 Å². The van der Waals surface area contributed by atoms with Crippen LogP contribution in [0, 0.1) is 18.3 Å². The number of fused-ring (bicyclic) bond motifs is 1. The summed E-state index contributed by atoms with van der Waals surface area (Å²) < 4.78 is 23.1. The number of aryl methyl sites for hydroxylation is 1. The Morgan fingerprint density at radius 2 is 2.03 bits per heavy atom. The van der Waals surface area contributed by atoms with Gasteiger partial charge in [0.25, 0.3) is 5.91 Å². The molecule has 0 radical (unpaired) electrons. The molecule has 1 aliphatic heterocycles. The van der Waals surface area contributed by atoms with Crippen LogP contribution in [0.25, 0.3) is 5.69 Å². The highest BCUT2D eigenvalue weighted by Gasteiger charge is 2.41. The molecule has 0 atom stereocenters. The van der Waals surface area contributed by atoms with Gasteiger partial charge in [-0.1, -0.05) is 6.07 Å². The van der Waals surface area contributed by atoms with Gasteiger partial charge in [0, 0.05) is 35.8 Å². The maximum Gasteiger partial charge on any atom is 0.258 e. The number of nitrogens with zero attached hydrogens (tertiary/aromatic N) is 5. The average Bonchev–Trinajstić information content (AvgIpc) is 3.53. The van der Waals surface area contributed by atoms with Crippen LogP contribution in [0.15, 0.2) is 36.7 Å². The normalized spacial score (nSPS) is 16.5. The van der Waals surface area contributed by atoms with E-state index in [1.54, 1.807) is 27.9 Å². The number of benzene rings is 1. The van der Waals surface area contributed by atoms with E-state index in [1.165, 1.54) is 7.11 Å². The maximum absolute atomic E-state index is 15.9. The number of ether oxygens (including phenoxy) is 1. The summed E-state index contributed by atoms with van der Waals surface area (Å²) in [6.45, 7) is 2.59. The molecule has 0 spiro atoms. The number of amides is 1. The summed E-state index contributed by atoms with van der Waals surface area (Å²) in [5.41, 5.74) is 2.64. The van der Waals surface area contributed by atoms with Gasteiger partial charge in [0.15, 0.2) is 0 Å². The van der Waals surface area contributed by atoms with E-state index in [1.807, 2.05) is 25.3 Å². The number of pyridine rings is 1. The number of aromatic nitrogens is 3. The Balaban J connectivity index is 1.49. The van der Waals surface area contributed by atoms with Gasteiger partial charge in [-0.3, -0.25) is 9.78 Å². The van der Waals surface area contributed by atoms with E-state index < -0.39 is 5.67 Å². The molecule has 1 aromatic carbocycles. The van der Waals surface area contributed by atoms with Gasteiger partial charge in [-0.25, -0.2) is 9.07 Å². The molecule has 7 nitrogen and oxygen atoms in total. The van der Waals surface area contributed by atoms with Crippen LogP contribution in [0.1, 0.15) is 64.1 Å². The minimum absolute atomic E-state index is 0.144. The minimum Gasteiger partial charge on any atom is -0.495 e. The average molecular weight is 445 g/mol. The molecule has 1 fully saturated rings. The van der Waals surface area contributed by atoms with E-state index in [9.17, 15) is 10.1 Å². The Bertz CT molecular complexity index is 1260. The van der Waals surface area contributed by atoms with E-state index in [0.29, 0.717) is 31.5 Å². The highest BCUT2D eigenvalue weighted by molar-refractivity contribution is 6.00. The number of halogens is 1. The fourth-order valence-electron chi connectivity index (χ4n) is 4.93. The van der Waals surface area contributed by atoms with Crippen molar-refractivity contribution in [2.45, 2.75) is 51.4 Å². The summed E-state index contributed by atoms with van der Waals surface area (Å²) >= 11 is 0. The van der Waals surface area contributed by atoms with Gasteiger partial charge in [0.05, 0.1) is 36.2 Å². The zero-order chi connectivity index (χ0) is 23.2. The molecule has 5 rings (SSSR count). The molecule has 2 aliphatic rings. The van der Waals surface area contributed by atoms with Crippen molar-refractivity contribution < 1.29 is 13.9 Å². The van der Waals surface area contributed by atoms with Crippen molar-refractivity contribution in [2.75, 3.05) is 7.11 Å². The molecule has 1 saturated carbocycles. The summed E-state index contributed by atoms with van der Waals surface area (Å²) in [5.74, 6) is -0.196. The molecule has 1 amide bonds. The predicted molar refractivity (Wildman–Crippen MR) is 119 cm³/mol. The molecule has 1 aliphatic carbocycles. The third-order valence-corrected chi connectivity index (χ3v) is 6.59. The van der Waals surface area contributed by atoms with Crippen molar-refractivity contribution in [3.63, 3.8) is 0 Å². The topological polar surface area (TPSA) is 84.0 Å². The van der Waals surface area contributed by atoms with Crippen molar-refractivity contribution in [2.24, 2.45) is 0 Å². The van der Waals surface area contributed by atoms with E-state index in [0.717, 1.165) is 35.5 Å². The van der Waals surface area contributed by atoms with Crippen LogP contribution in [0.4, 0.5) is 4.39 Å². The number of methoxy groups -OCH3 is 1. The molecule has 168 valence electrons. The van der Waals surface area contributed by atoms with E-state index in [4.69, 9.17) is 4.74 Å². The zero-order valence-electron chi connectivity index (χ0n) is 18.6. The molecular formula is C25H24FN5O2. The molecule has 33 heavy (non-hydrogen) atoms. The lowest BCUT2D eigenvalue weighted by molar-refractivity contribution is 0.0734. The molecule has 0 bridgehead atoms. The maximum atomic E-state index is 15.9. The lowest BCUT2D eigenvalue weighted by Gasteiger charge is -2.26. The smallest absolute Gasteiger partial charge is 0.258 e. The number of hydrogen-bond acceptors (Lipinski definition) is 5. The van der Waals surface area contributed by atoms with Crippen molar-refractivity contribution in [1.82, 2.24) is 19.7 Å². The molecule has 0 saturated heterocycles. The molecule has 3 heterocycles. The summed E-state index contributed by atoms with van der Waals surface area (Å²) in [6, 6.07) is 9.02. The van der Waals surface area contributed by atoms with Gasteiger partial charge in [-0.2, -0.15) is 10.4 Å². The molecule has 0 N–H and O–H groups in total. The lowest BCUT2D eigenvalue weighted by atomic mass is 9.87. The summed E-state index contributed by atoms with van der Waals surface area (Å²) in [7, 11) is 1.41. The van der Waals surface area contributed by atoms with Gasteiger partial charge in [0.2, 0.25) is 0 Å². The largest absolute Gasteiger partial charge is 0.495 e. The van der Waals surface area contributed by atoms with Crippen molar-refractivity contribution in [1.29, 1.82) is 5.26 Å². The number of carbonyl (C=O) groups is 1. The fourth-order valence-corrected chi connectivity index (χ4v) is 4.93. The van der Waals surface area contributed by atoms with Crippen LogP contribution in [0.3, 0.4) is 0 Å².